The Morgan fingerprint density at radius 3 is 2.52 bits per heavy atom. The number of anilines is 2. The average molecular weight is 294 g/mol. The van der Waals surface area contributed by atoms with Crippen LogP contribution in [0, 0.1) is 0 Å². The Labute approximate surface area is 121 Å². The molecule has 0 spiro atoms. The number of nitrogens with one attached hydrogen (secondary N) is 3. The van der Waals surface area contributed by atoms with E-state index in [9.17, 15) is 14.4 Å². The van der Waals surface area contributed by atoms with Gasteiger partial charge in [-0.05, 0) is 12.1 Å². The third-order valence-electron chi connectivity index (χ3n) is 2.42. The molecule has 8 nitrogen and oxygen atoms in total. The van der Waals surface area contributed by atoms with Gasteiger partial charge < -0.3 is 21.1 Å². The molecule has 1 aromatic rings. The van der Waals surface area contributed by atoms with Crippen LogP contribution in [0.15, 0.2) is 18.3 Å². The van der Waals surface area contributed by atoms with Crippen LogP contribution in [0.5, 0.6) is 0 Å². The Morgan fingerprint density at radius 2 is 1.95 bits per heavy atom. The van der Waals surface area contributed by atoms with Crippen LogP contribution in [0.4, 0.5) is 11.5 Å². The predicted octanol–water partition coefficient (Wildman–Crippen LogP) is 0.433. The number of carboxylic acid groups (broad SMARTS) is 1. The lowest BCUT2D eigenvalue weighted by Gasteiger charge is -2.08. The van der Waals surface area contributed by atoms with Crippen LogP contribution in [-0.2, 0) is 14.4 Å². The minimum Gasteiger partial charge on any atom is -0.481 e. The molecule has 1 aromatic heterocycles. The number of carbonyl (C=O) groups excluding carboxylic acids is 2. The van der Waals surface area contributed by atoms with Crippen molar-refractivity contribution in [3.63, 3.8) is 0 Å². The summed E-state index contributed by atoms with van der Waals surface area (Å²) in [6.45, 7) is 2.51. The molecule has 0 fully saturated rings. The topological polar surface area (TPSA) is 120 Å². The van der Waals surface area contributed by atoms with E-state index in [-0.39, 0.29) is 18.7 Å². The summed E-state index contributed by atoms with van der Waals surface area (Å²) in [7, 11) is 0. The van der Waals surface area contributed by atoms with E-state index in [0.717, 1.165) is 5.69 Å². The zero-order valence-electron chi connectivity index (χ0n) is 11.7. The molecule has 21 heavy (non-hydrogen) atoms. The Balaban J connectivity index is 2.34. The maximum absolute atomic E-state index is 11.4. The van der Waals surface area contributed by atoms with Crippen molar-refractivity contribution in [3.8, 4) is 0 Å². The molecular weight excluding hydrogens is 276 g/mol. The van der Waals surface area contributed by atoms with Crippen molar-refractivity contribution in [2.24, 2.45) is 0 Å². The smallest absolute Gasteiger partial charge is 0.303 e. The second kappa shape index (κ2) is 8.51. The monoisotopic (exact) mass is 294 g/mol. The first-order chi connectivity index (χ1) is 9.97. The van der Waals surface area contributed by atoms with Crippen LogP contribution >= 0.6 is 0 Å². The number of aliphatic carboxylic acids is 1. The molecule has 0 aliphatic carbocycles. The van der Waals surface area contributed by atoms with E-state index in [4.69, 9.17) is 5.11 Å². The van der Waals surface area contributed by atoms with Crippen molar-refractivity contribution in [1.29, 1.82) is 0 Å². The fourth-order valence-electron chi connectivity index (χ4n) is 1.44. The quantitative estimate of drug-likeness (QED) is 0.516. The van der Waals surface area contributed by atoms with Crippen molar-refractivity contribution in [2.75, 3.05) is 23.7 Å². The first-order valence-electron chi connectivity index (χ1n) is 6.43. The number of amides is 2. The van der Waals surface area contributed by atoms with Gasteiger partial charge in [0.1, 0.15) is 5.82 Å². The van der Waals surface area contributed by atoms with Crippen LogP contribution in [0.2, 0.25) is 0 Å². The van der Waals surface area contributed by atoms with Gasteiger partial charge in [0.15, 0.2) is 0 Å². The number of rotatable bonds is 8. The molecule has 8 heteroatoms. The minimum absolute atomic E-state index is 0.0886. The molecule has 1 heterocycles. The lowest BCUT2D eigenvalue weighted by atomic mass is 10.3. The second-order valence-electron chi connectivity index (χ2n) is 4.28. The molecule has 114 valence electrons. The number of pyridine rings is 1. The molecule has 0 saturated heterocycles. The molecule has 0 aliphatic heterocycles. The van der Waals surface area contributed by atoms with Crippen molar-refractivity contribution in [1.82, 2.24) is 10.3 Å². The molecule has 4 N–H and O–H groups in total. The third-order valence-corrected chi connectivity index (χ3v) is 2.42. The van der Waals surface area contributed by atoms with E-state index < -0.39 is 11.9 Å². The lowest BCUT2D eigenvalue weighted by Crippen LogP contribution is -2.26. The molecule has 2 amide bonds. The van der Waals surface area contributed by atoms with Gasteiger partial charge in [-0.25, -0.2) is 4.98 Å². The van der Waals surface area contributed by atoms with Crippen molar-refractivity contribution >= 4 is 29.3 Å². The normalized spacial score (nSPS) is 9.76. The highest BCUT2D eigenvalue weighted by atomic mass is 16.4. The zero-order valence-corrected chi connectivity index (χ0v) is 11.7. The maximum atomic E-state index is 11.4. The Morgan fingerprint density at radius 1 is 1.19 bits per heavy atom. The van der Waals surface area contributed by atoms with Crippen molar-refractivity contribution in [3.05, 3.63) is 18.3 Å². The second-order valence-corrected chi connectivity index (χ2v) is 4.28. The van der Waals surface area contributed by atoms with E-state index in [0.29, 0.717) is 18.9 Å². The van der Waals surface area contributed by atoms with Gasteiger partial charge in [-0.15, -0.1) is 0 Å². The van der Waals surface area contributed by atoms with Gasteiger partial charge >= 0.3 is 5.97 Å². The number of hydrogen-bond donors (Lipinski definition) is 4. The van der Waals surface area contributed by atoms with E-state index >= 15 is 0 Å². The van der Waals surface area contributed by atoms with E-state index in [2.05, 4.69) is 20.9 Å². The fourth-order valence-corrected chi connectivity index (χ4v) is 1.44. The predicted molar refractivity (Wildman–Crippen MR) is 76.9 cm³/mol. The summed E-state index contributed by atoms with van der Waals surface area (Å²) in [6.07, 6.45) is 1.24. The first-order valence-corrected chi connectivity index (χ1v) is 6.43. The summed E-state index contributed by atoms with van der Waals surface area (Å²) in [6, 6.07) is 3.34. The number of nitrogens with zero attached hydrogens (tertiary/aromatic N) is 1. The van der Waals surface area contributed by atoms with E-state index in [1.165, 1.54) is 6.92 Å². The molecule has 0 saturated carbocycles. The zero-order chi connectivity index (χ0) is 15.7. The van der Waals surface area contributed by atoms with Gasteiger partial charge in [0, 0.05) is 26.4 Å². The lowest BCUT2D eigenvalue weighted by molar-refractivity contribution is -0.138. The highest BCUT2D eigenvalue weighted by Gasteiger charge is 2.06. The van der Waals surface area contributed by atoms with Gasteiger partial charge in [0.2, 0.25) is 11.8 Å². The van der Waals surface area contributed by atoms with Gasteiger partial charge in [0.25, 0.3) is 0 Å². The standard InChI is InChI=1S/C13H18N4O4/c1-9(18)14-6-7-15-10-2-3-11(16-8-10)17-12(19)4-5-13(20)21/h2-3,8,15H,4-7H2,1H3,(H,14,18)(H,20,21)(H,16,17,19). The fraction of sp³-hybridized carbons (Fsp3) is 0.385. The van der Waals surface area contributed by atoms with E-state index in [1.54, 1.807) is 18.3 Å². The number of carbonyl (C=O) groups is 3. The number of hydrogen-bond acceptors (Lipinski definition) is 5. The van der Waals surface area contributed by atoms with Gasteiger partial charge in [0.05, 0.1) is 18.3 Å². The first kappa shape index (κ1) is 16.4. The maximum Gasteiger partial charge on any atom is 0.303 e. The summed E-state index contributed by atoms with van der Waals surface area (Å²) in [4.78, 5) is 36.4. The van der Waals surface area contributed by atoms with Crippen LogP contribution in [-0.4, -0.2) is 41.0 Å². The summed E-state index contributed by atoms with van der Waals surface area (Å²) >= 11 is 0. The summed E-state index contributed by atoms with van der Waals surface area (Å²) < 4.78 is 0. The number of carboxylic acids is 1. The Kier molecular flexibility index (Phi) is 6.66. The summed E-state index contributed by atoms with van der Waals surface area (Å²) in [5, 5.41) is 16.7. The van der Waals surface area contributed by atoms with Gasteiger partial charge in [-0.2, -0.15) is 0 Å². The summed E-state index contributed by atoms with van der Waals surface area (Å²) in [5.41, 5.74) is 0.754. The van der Waals surface area contributed by atoms with Crippen molar-refractivity contribution < 1.29 is 19.5 Å². The minimum atomic E-state index is -1.02. The highest BCUT2D eigenvalue weighted by molar-refractivity contribution is 5.91. The molecule has 0 unspecified atom stereocenters. The SMILES string of the molecule is CC(=O)NCCNc1ccc(NC(=O)CCC(=O)O)nc1. The Bertz CT molecular complexity index is 501. The van der Waals surface area contributed by atoms with Crippen molar-refractivity contribution in [2.45, 2.75) is 19.8 Å². The van der Waals surface area contributed by atoms with Crippen LogP contribution in [0.25, 0.3) is 0 Å². The molecular formula is C13H18N4O4. The van der Waals surface area contributed by atoms with Gasteiger partial charge in [-0.3, -0.25) is 14.4 Å². The van der Waals surface area contributed by atoms with Crippen LogP contribution < -0.4 is 16.0 Å². The molecule has 0 atom stereocenters. The molecule has 1 rings (SSSR count). The molecule has 0 bridgehead atoms. The van der Waals surface area contributed by atoms with Gasteiger partial charge in [-0.1, -0.05) is 0 Å². The van der Waals surface area contributed by atoms with Crippen LogP contribution in [0.1, 0.15) is 19.8 Å². The van der Waals surface area contributed by atoms with Crippen LogP contribution in [0.3, 0.4) is 0 Å². The third kappa shape index (κ3) is 7.51. The summed E-state index contributed by atoms with van der Waals surface area (Å²) in [5.74, 6) is -1.14. The average Bonchev–Trinajstić information content (AvgIpc) is 2.43. The largest absolute Gasteiger partial charge is 0.481 e. The molecule has 0 aliphatic rings. The highest BCUT2D eigenvalue weighted by Crippen LogP contribution is 2.09. The molecule has 0 aromatic carbocycles. The molecule has 0 radical (unpaired) electrons. The Hall–Kier alpha value is -2.64. The van der Waals surface area contributed by atoms with E-state index in [1.807, 2.05) is 0 Å². The number of aromatic nitrogens is 1.